The largest absolute Gasteiger partial charge is 0.378 e. The number of nitrogens with zero attached hydrogens (tertiary/aromatic N) is 2. The minimum Gasteiger partial charge on any atom is -0.378 e. The van der Waals surface area contributed by atoms with Crippen molar-refractivity contribution in [2.24, 2.45) is 4.99 Å². The maximum Gasteiger partial charge on any atom is 0.293 e. The summed E-state index contributed by atoms with van der Waals surface area (Å²) in [5, 5.41) is 20.3. The second-order valence-electron chi connectivity index (χ2n) is 6.40. The lowest BCUT2D eigenvalue weighted by Gasteiger charge is -2.13. The third-order valence-corrected chi connectivity index (χ3v) is 5.31. The molecule has 0 atom stereocenters. The zero-order valence-corrected chi connectivity index (χ0v) is 17.5. The van der Waals surface area contributed by atoms with Gasteiger partial charge in [-0.05, 0) is 30.2 Å². The molecule has 0 amide bonds. The van der Waals surface area contributed by atoms with Gasteiger partial charge in [0.2, 0.25) is 0 Å². The van der Waals surface area contributed by atoms with Crippen molar-refractivity contribution >= 4 is 27.2 Å². The molecule has 0 aliphatic carbocycles. The van der Waals surface area contributed by atoms with Gasteiger partial charge in [-0.2, -0.15) is 0 Å². The molecule has 0 aliphatic heterocycles. The smallest absolute Gasteiger partial charge is 0.293 e. The van der Waals surface area contributed by atoms with Gasteiger partial charge in [0, 0.05) is 39.0 Å². The van der Waals surface area contributed by atoms with Gasteiger partial charge >= 0.3 is 0 Å². The number of rotatable bonds is 9. The van der Waals surface area contributed by atoms with Gasteiger partial charge in [-0.25, -0.2) is 12.8 Å². The average Bonchev–Trinajstić information content (AvgIpc) is 2.70. The van der Waals surface area contributed by atoms with Crippen LogP contribution < -0.4 is 16.0 Å². The summed E-state index contributed by atoms with van der Waals surface area (Å²) < 4.78 is 36.8. The predicted molar refractivity (Wildman–Crippen MR) is 114 cm³/mol. The van der Waals surface area contributed by atoms with Gasteiger partial charge in [0.05, 0.1) is 9.82 Å². The van der Waals surface area contributed by atoms with Crippen LogP contribution >= 0.6 is 0 Å². The molecule has 0 saturated carbocycles. The highest BCUT2D eigenvalue weighted by Gasteiger charge is 2.18. The van der Waals surface area contributed by atoms with Crippen molar-refractivity contribution in [2.45, 2.75) is 11.3 Å². The zero-order chi connectivity index (χ0) is 22.1. The molecule has 2 aromatic carbocycles. The van der Waals surface area contributed by atoms with Gasteiger partial charge in [-0.15, -0.1) is 0 Å². The molecule has 30 heavy (non-hydrogen) atoms. The van der Waals surface area contributed by atoms with E-state index in [1.807, 2.05) is 0 Å². The molecule has 0 fully saturated rings. The Morgan fingerprint density at radius 1 is 1.13 bits per heavy atom. The molecular formula is C19H24FN5O4S. The van der Waals surface area contributed by atoms with E-state index in [9.17, 15) is 22.9 Å². The Hall–Kier alpha value is -3.21. The second kappa shape index (κ2) is 10.5. The van der Waals surface area contributed by atoms with Gasteiger partial charge in [-0.1, -0.05) is 18.2 Å². The van der Waals surface area contributed by atoms with Gasteiger partial charge in [-0.3, -0.25) is 15.1 Å². The molecule has 0 aliphatic rings. The van der Waals surface area contributed by atoms with Crippen LogP contribution in [-0.2, 0) is 16.3 Å². The number of nitrogens with one attached hydrogen (secondary N) is 3. The summed E-state index contributed by atoms with van der Waals surface area (Å²) in [4.78, 5) is 14.6. The van der Waals surface area contributed by atoms with Gasteiger partial charge in [0.15, 0.2) is 15.8 Å². The van der Waals surface area contributed by atoms with E-state index in [2.05, 4.69) is 20.9 Å². The van der Waals surface area contributed by atoms with Crippen LogP contribution in [0.4, 0.5) is 15.8 Å². The van der Waals surface area contributed by atoms with E-state index in [-0.39, 0.29) is 22.1 Å². The summed E-state index contributed by atoms with van der Waals surface area (Å²) in [5.41, 5.74) is 0.508. The van der Waals surface area contributed by atoms with Crippen LogP contribution in [0.5, 0.6) is 0 Å². The fraction of sp³-hybridized carbons (Fsp3) is 0.316. The third kappa shape index (κ3) is 6.69. The minimum atomic E-state index is -3.54. The highest BCUT2D eigenvalue weighted by atomic mass is 32.2. The number of hydrogen-bond acceptors (Lipinski definition) is 6. The predicted octanol–water partition coefficient (Wildman–Crippen LogP) is 1.96. The minimum absolute atomic E-state index is 0.114. The second-order valence-corrected chi connectivity index (χ2v) is 8.42. The van der Waals surface area contributed by atoms with Crippen molar-refractivity contribution in [1.29, 1.82) is 0 Å². The molecule has 0 radical (unpaired) electrons. The Bertz CT molecular complexity index is 1030. The fourth-order valence-electron chi connectivity index (χ4n) is 2.66. The number of hydrogen-bond donors (Lipinski definition) is 3. The van der Waals surface area contributed by atoms with Crippen LogP contribution in [0.15, 0.2) is 52.4 Å². The molecule has 0 unspecified atom stereocenters. The lowest BCUT2D eigenvalue weighted by atomic mass is 10.1. The number of nitro benzene ring substituents is 1. The topological polar surface area (TPSA) is 126 Å². The standard InChI is InChI=1S/C19H24FN5O4S/c1-21-19(23-10-9-14-5-3-4-6-16(14)20)24-12-11-22-17-8-7-15(30(2,28)29)13-18(17)25(26)27/h3-8,13,22H,9-12H2,1-2H3,(H2,21,23,24). The first kappa shape index (κ1) is 23.1. The van der Waals surface area contributed by atoms with Crippen LogP contribution in [-0.4, -0.2) is 52.2 Å². The molecule has 162 valence electrons. The molecule has 3 N–H and O–H groups in total. The lowest BCUT2D eigenvalue weighted by Crippen LogP contribution is -2.40. The SMILES string of the molecule is CN=C(NCCNc1ccc(S(C)(=O)=O)cc1[N+](=O)[O-])NCCc1ccccc1F. The Kier molecular flexibility index (Phi) is 8.10. The fourth-order valence-corrected chi connectivity index (χ4v) is 3.30. The van der Waals surface area contributed by atoms with Crippen LogP contribution in [0.3, 0.4) is 0 Å². The van der Waals surface area contributed by atoms with Gasteiger partial charge in [0.25, 0.3) is 5.69 Å². The first-order valence-electron chi connectivity index (χ1n) is 9.12. The number of benzene rings is 2. The number of nitro groups is 1. The molecule has 0 aromatic heterocycles. The molecule has 0 spiro atoms. The normalized spacial score (nSPS) is 11.8. The van der Waals surface area contributed by atoms with Gasteiger partial charge < -0.3 is 16.0 Å². The Morgan fingerprint density at radius 3 is 2.47 bits per heavy atom. The van der Waals surface area contributed by atoms with Crippen molar-refractivity contribution in [3.63, 3.8) is 0 Å². The maximum absolute atomic E-state index is 13.6. The molecule has 2 aromatic rings. The summed E-state index contributed by atoms with van der Waals surface area (Å²) in [5.74, 6) is 0.255. The van der Waals surface area contributed by atoms with E-state index in [1.165, 1.54) is 18.2 Å². The van der Waals surface area contributed by atoms with Crippen molar-refractivity contribution in [1.82, 2.24) is 10.6 Å². The van der Waals surface area contributed by atoms with Crippen LogP contribution in [0.25, 0.3) is 0 Å². The van der Waals surface area contributed by atoms with E-state index in [0.29, 0.717) is 37.6 Å². The summed E-state index contributed by atoms with van der Waals surface area (Å²) in [6.07, 6.45) is 1.48. The number of halogens is 1. The first-order valence-corrected chi connectivity index (χ1v) is 11.0. The summed E-state index contributed by atoms with van der Waals surface area (Å²) >= 11 is 0. The van der Waals surface area contributed by atoms with E-state index in [4.69, 9.17) is 0 Å². The van der Waals surface area contributed by atoms with Crippen molar-refractivity contribution < 1.29 is 17.7 Å². The van der Waals surface area contributed by atoms with Crippen molar-refractivity contribution in [2.75, 3.05) is 38.3 Å². The number of sulfone groups is 1. The average molecular weight is 437 g/mol. The Morgan fingerprint density at radius 2 is 1.83 bits per heavy atom. The van der Waals surface area contributed by atoms with Crippen LogP contribution in [0.1, 0.15) is 5.56 Å². The Balaban J connectivity index is 1.84. The zero-order valence-electron chi connectivity index (χ0n) is 16.7. The number of aliphatic imine (C=N–C) groups is 1. The van der Waals surface area contributed by atoms with Gasteiger partial charge in [0.1, 0.15) is 11.5 Å². The molecule has 2 rings (SSSR count). The van der Waals surface area contributed by atoms with E-state index in [0.717, 1.165) is 12.3 Å². The van der Waals surface area contributed by atoms with E-state index in [1.54, 1.807) is 25.2 Å². The Labute approximate surface area is 174 Å². The molecule has 11 heteroatoms. The molecule has 9 nitrogen and oxygen atoms in total. The quantitative estimate of drug-likeness (QED) is 0.180. The maximum atomic E-state index is 13.6. The molecule has 0 saturated heterocycles. The number of anilines is 1. The highest BCUT2D eigenvalue weighted by molar-refractivity contribution is 7.90. The molecular weight excluding hydrogens is 413 g/mol. The summed E-state index contributed by atoms with van der Waals surface area (Å²) in [6.45, 7) is 1.20. The monoisotopic (exact) mass is 437 g/mol. The number of guanidine groups is 1. The molecule has 0 bridgehead atoms. The lowest BCUT2D eigenvalue weighted by molar-refractivity contribution is -0.384. The first-order chi connectivity index (χ1) is 14.2. The summed E-state index contributed by atoms with van der Waals surface area (Å²) in [7, 11) is -1.94. The van der Waals surface area contributed by atoms with Crippen LogP contribution in [0.2, 0.25) is 0 Å². The van der Waals surface area contributed by atoms with E-state index < -0.39 is 14.8 Å². The highest BCUT2D eigenvalue weighted by Crippen LogP contribution is 2.27. The summed E-state index contributed by atoms with van der Waals surface area (Å²) in [6, 6.07) is 10.3. The van der Waals surface area contributed by atoms with Crippen molar-refractivity contribution in [3.8, 4) is 0 Å². The molecule has 0 heterocycles. The third-order valence-electron chi connectivity index (χ3n) is 4.20. The van der Waals surface area contributed by atoms with Crippen LogP contribution in [0, 0.1) is 15.9 Å². The van der Waals surface area contributed by atoms with E-state index >= 15 is 0 Å². The van der Waals surface area contributed by atoms with Crippen molar-refractivity contribution in [3.05, 3.63) is 64.0 Å².